The summed E-state index contributed by atoms with van der Waals surface area (Å²) in [5.74, 6) is 0.862. The Balaban J connectivity index is 1.62. The van der Waals surface area contributed by atoms with Crippen LogP contribution in [-0.4, -0.2) is 32.2 Å². The lowest BCUT2D eigenvalue weighted by Gasteiger charge is -2.26. The van der Waals surface area contributed by atoms with Gasteiger partial charge in [-0.2, -0.15) is 0 Å². The number of hydrogen-bond donors (Lipinski definition) is 3. The molecular weight excluding hydrogens is 508 g/mol. The molecule has 0 saturated carbocycles. The molecule has 1 amide bonds. The Kier molecular flexibility index (Phi) is 7.40. The highest BCUT2D eigenvalue weighted by atomic mass is 79.9. The molecule has 2 aromatic heterocycles. The van der Waals surface area contributed by atoms with Crippen molar-refractivity contribution in [3.8, 4) is 0 Å². The SMILES string of the molecule is CC1=C(C(=O)NCc2cn(C)cn2)C(c2ccncc2Br)N=C(/N=C(/C)Nc2ccccc2C)N1. The predicted octanol–water partition coefficient (Wildman–Crippen LogP) is 4.01. The second kappa shape index (κ2) is 10.6. The van der Waals surface area contributed by atoms with E-state index in [4.69, 9.17) is 4.99 Å². The normalized spacial score (nSPS) is 16.0. The van der Waals surface area contributed by atoms with Crippen molar-refractivity contribution in [2.24, 2.45) is 17.0 Å². The van der Waals surface area contributed by atoms with Crippen molar-refractivity contribution in [2.75, 3.05) is 5.32 Å². The van der Waals surface area contributed by atoms with E-state index in [0.29, 0.717) is 29.6 Å². The van der Waals surface area contributed by atoms with Crippen LogP contribution in [0.5, 0.6) is 0 Å². The number of aliphatic imine (C=N–C) groups is 2. The number of para-hydroxylation sites is 1. The zero-order chi connectivity index (χ0) is 24.9. The Morgan fingerprint density at radius 1 is 1.26 bits per heavy atom. The van der Waals surface area contributed by atoms with Crippen LogP contribution in [0.25, 0.3) is 0 Å². The predicted molar refractivity (Wildman–Crippen MR) is 141 cm³/mol. The van der Waals surface area contributed by atoms with E-state index >= 15 is 0 Å². The summed E-state index contributed by atoms with van der Waals surface area (Å²) in [6.45, 7) is 6.08. The number of amides is 1. The average molecular weight is 535 g/mol. The summed E-state index contributed by atoms with van der Waals surface area (Å²) in [4.78, 5) is 31.2. The number of aryl methyl sites for hydroxylation is 2. The third-order valence-electron chi connectivity index (χ3n) is 5.49. The molecule has 180 valence electrons. The van der Waals surface area contributed by atoms with Crippen LogP contribution in [0, 0.1) is 6.92 Å². The van der Waals surface area contributed by atoms with Gasteiger partial charge in [0, 0.05) is 41.5 Å². The Morgan fingerprint density at radius 2 is 2.06 bits per heavy atom. The molecule has 3 N–H and O–H groups in total. The van der Waals surface area contributed by atoms with Gasteiger partial charge in [-0.25, -0.2) is 15.0 Å². The smallest absolute Gasteiger partial charge is 0.251 e. The quantitative estimate of drug-likeness (QED) is 0.338. The molecule has 0 bridgehead atoms. The zero-order valence-corrected chi connectivity index (χ0v) is 21.6. The van der Waals surface area contributed by atoms with Crippen molar-refractivity contribution in [3.63, 3.8) is 0 Å². The van der Waals surface area contributed by atoms with Gasteiger partial charge in [-0.15, -0.1) is 0 Å². The first-order chi connectivity index (χ1) is 16.8. The molecule has 1 aliphatic rings. The topological polar surface area (TPSA) is 109 Å². The summed E-state index contributed by atoms with van der Waals surface area (Å²) in [5, 5.41) is 9.47. The summed E-state index contributed by atoms with van der Waals surface area (Å²) in [6.07, 6.45) is 6.95. The third-order valence-corrected chi connectivity index (χ3v) is 6.16. The maximum absolute atomic E-state index is 13.3. The largest absolute Gasteiger partial charge is 0.346 e. The van der Waals surface area contributed by atoms with Crippen molar-refractivity contribution < 1.29 is 4.79 Å². The Bertz CT molecular complexity index is 1340. The molecule has 3 heterocycles. The minimum atomic E-state index is -0.567. The van der Waals surface area contributed by atoms with Crippen LogP contribution < -0.4 is 16.0 Å². The molecule has 0 radical (unpaired) electrons. The van der Waals surface area contributed by atoms with E-state index in [1.54, 1.807) is 18.7 Å². The van der Waals surface area contributed by atoms with Gasteiger partial charge in [0.1, 0.15) is 11.9 Å². The molecule has 1 aromatic carbocycles. The molecule has 0 aliphatic carbocycles. The average Bonchev–Trinajstić information content (AvgIpc) is 3.24. The number of rotatable bonds is 5. The van der Waals surface area contributed by atoms with Crippen molar-refractivity contribution >= 4 is 39.3 Å². The van der Waals surface area contributed by atoms with E-state index in [9.17, 15) is 4.79 Å². The fourth-order valence-electron chi connectivity index (χ4n) is 3.76. The van der Waals surface area contributed by atoms with Gasteiger partial charge in [0.05, 0.1) is 24.1 Å². The van der Waals surface area contributed by atoms with Gasteiger partial charge in [-0.05, 0) is 60.0 Å². The Hall–Kier alpha value is -3.79. The highest BCUT2D eigenvalue weighted by Gasteiger charge is 2.30. The molecule has 0 spiro atoms. The monoisotopic (exact) mass is 534 g/mol. The number of nitrogens with zero attached hydrogens (tertiary/aromatic N) is 5. The molecule has 4 rings (SSSR count). The molecule has 9 nitrogen and oxygen atoms in total. The second-order valence-corrected chi connectivity index (χ2v) is 9.12. The number of anilines is 1. The van der Waals surface area contributed by atoms with E-state index in [2.05, 4.69) is 46.8 Å². The minimum absolute atomic E-state index is 0.226. The molecule has 10 heteroatoms. The van der Waals surface area contributed by atoms with Gasteiger partial charge in [0.2, 0.25) is 5.96 Å². The molecule has 1 atom stereocenters. The number of carbonyl (C=O) groups is 1. The first-order valence-corrected chi connectivity index (χ1v) is 11.9. The van der Waals surface area contributed by atoms with Crippen LogP contribution in [0.3, 0.4) is 0 Å². The molecule has 3 aromatic rings. The number of halogens is 1. The van der Waals surface area contributed by atoms with Gasteiger partial charge >= 0.3 is 0 Å². The number of carbonyl (C=O) groups excluding carboxylic acids is 1. The highest BCUT2D eigenvalue weighted by Crippen LogP contribution is 2.34. The first-order valence-electron chi connectivity index (χ1n) is 11.1. The van der Waals surface area contributed by atoms with E-state index in [1.807, 2.05) is 68.9 Å². The van der Waals surface area contributed by atoms with Crippen molar-refractivity contribution in [3.05, 3.63) is 87.8 Å². The summed E-state index contributed by atoms with van der Waals surface area (Å²) in [6, 6.07) is 9.28. The lowest BCUT2D eigenvalue weighted by Crippen LogP contribution is -2.36. The Morgan fingerprint density at radius 3 is 2.77 bits per heavy atom. The van der Waals surface area contributed by atoms with Gasteiger partial charge < -0.3 is 20.5 Å². The summed E-state index contributed by atoms with van der Waals surface area (Å²) in [7, 11) is 1.89. The first kappa shape index (κ1) is 24.3. The zero-order valence-electron chi connectivity index (χ0n) is 20.0. The summed E-state index contributed by atoms with van der Waals surface area (Å²) < 4.78 is 2.60. The number of aromatic nitrogens is 3. The van der Waals surface area contributed by atoms with Crippen LogP contribution in [0.4, 0.5) is 5.69 Å². The van der Waals surface area contributed by atoms with Crippen LogP contribution in [-0.2, 0) is 18.4 Å². The lowest BCUT2D eigenvalue weighted by atomic mass is 9.96. The maximum atomic E-state index is 13.3. The van der Waals surface area contributed by atoms with Crippen LogP contribution in [0.2, 0.25) is 0 Å². The van der Waals surface area contributed by atoms with Gasteiger partial charge in [0.25, 0.3) is 5.91 Å². The van der Waals surface area contributed by atoms with E-state index in [1.165, 1.54) is 0 Å². The van der Waals surface area contributed by atoms with Crippen molar-refractivity contribution in [2.45, 2.75) is 33.4 Å². The molecule has 35 heavy (non-hydrogen) atoms. The van der Waals surface area contributed by atoms with Crippen LogP contribution >= 0.6 is 15.9 Å². The van der Waals surface area contributed by atoms with Gasteiger partial charge in [0.15, 0.2) is 0 Å². The Labute approximate surface area is 212 Å². The van der Waals surface area contributed by atoms with Gasteiger partial charge in [-0.1, -0.05) is 18.2 Å². The summed E-state index contributed by atoms with van der Waals surface area (Å²) >= 11 is 3.56. The van der Waals surface area contributed by atoms with E-state index in [0.717, 1.165) is 27.0 Å². The number of amidine groups is 1. The molecule has 1 aliphatic heterocycles. The number of hydrogen-bond acceptors (Lipinski definition) is 6. The molecule has 0 saturated heterocycles. The number of pyridine rings is 1. The number of guanidine groups is 1. The highest BCUT2D eigenvalue weighted by molar-refractivity contribution is 9.10. The van der Waals surface area contributed by atoms with E-state index < -0.39 is 6.04 Å². The third kappa shape index (κ3) is 5.83. The fraction of sp³-hybridized carbons (Fsp3) is 0.240. The minimum Gasteiger partial charge on any atom is -0.346 e. The van der Waals surface area contributed by atoms with Crippen molar-refractivity contribution in [1.29, 1.82) is 0 Å². The second-order valence-electron chi connectivity index (χ2n) is 8.27. The molecule has 0 fully saturated rings. The number of allylic oxidation sites excluding steroid dienone is 1. The van der Waals surface area contributed by atoms with E-state index in [-0.39, 0.29) is 5.91 Å². The van der Waals surface area contributed by atoms with Crippen LogP contribution in [0.1, 0.15) is 36.7 Å². The summed E-state index contributed by atoms with van der Waals surface area (Å²) in [5.41, 5.74) is 4.87. The van der Waals surface area contributed by atoms with Crippen LogP contribution in [0.15, 0.2) is 81.0 Å². The maximum Gasteiger partial charge on any atom is 0.251 e. The number of nitrogens with one attached hydrogen (secondary N) is 3. The molecule has 1 unspecified atom stereocenters. The van der Waals surface area contributed by atoms with Crippen molar-refractivity contribution in [1.82, 2.24) is 25.2 Å². The lowest BCUT2D eigenvalue weighted by molar-refractivity contribution is -0.118. The number of benzene rings is 1. The number of imidazole rings is 1. The molecular formula is C25H27BrN8O. The standard InChI is InChI=1S/C25H27BrN8O/c1-15-7-5-6-8-21(15)31-17(3)32-25-30-16(2)22(23(33-25)19-9-10-27-12-20(19)26)24(35)28-11-18-13-34(4)14-29-18/h5-10,12-14,23H,11H2,1-4H3,(H,28,35)(H2,30,31,32,33). The fourth-order valence-corrected chi connectivity index (χ4v) is 4.23. The van der Waals surface area contributed by atoms with Gasteiger partial charge in [-0.3, -0.25) is 9.78 Å².